The van der Waals surface area contributed by atoms with E-state index in [-0.39, 0.29) is 30.6 Å². The van der Waals surface area contributed by atoms with Gasteiger partial charge in [-0.25, -0.2) is 0 Å². The van der Waals surface area contributed by atoms with Gasteiger partial charge in [0.1, 0.15) is 0 Å². The number of ether oxygens (including phenoxy) is 2. The first-order chi connectivity index (χ1) is 13.0. The Kier molecular flexibility index (Phi) is 4.98. The summed E-state index contributed by atoms with van der Waals surface area (Å²) in [5, 5.41) is 0. The van der Waals surface area contributed by atoms with Crippen molar-refractivity contribution >= 4 is 11.8 Å². The van der Waals surface area contributed by atoms with Gasteiger partial charge in [0.15, 0.2) is 11.5 Å². The fourth-order valence-corrected chi connectivity index (χ4v) is 4.44. The minimum absolute atomic E-state index is 0.0499. The van der Waals surface area contributed by atoms with Gasteiger partial charge < -0.3 is 19.3 Å². The van der Waals surface area contributed by atoms with Crippen molar-refractivity contribution < 1.29 is 19.1 Å². The summed E-state index contributed by atoms with van der Waals surface area (Å²) in [6.07, 6.45) is 5.91. The molecule has 0 N–H and O–H groups in total. The molecule has 146 valence electrons. The van der Waals surface area contributed by atoms with E-state index in [1.165, 1.54) is 19.3 Å². The molecule has 2 amide bonds. The van der Waals surface area contributed by atoms with Crippen LogP contribution in [0.15, 0.2) is 18.2 Å². The number of likely N-dealkylation sites (tertiary alicyclic amines) is 1. The van der Waals surface area contributed by atoms with Crippen LogP contribution in [0.3, 0.4) is 0 Å². The summed E-state index contributed by atoms with van der Waals surface area (Å²) >= 11 is 0. The van der Waals surface area contributed by atoms with Gasteiger partial charge in [-0.1, -0.05) is 19.3 Å². The first-order valence-corrected chi connectivity index (χ1v) is 10.1. The van der Waals surface area contributed by atoms with Crippen molar-refractivity contribution in [3.8, 4) is 11.5 Å². The lowest BCUT2D eigenvalue weighted by Gasteiger charge is -2.45. The third-order valence-corrected chi connectivity index (χ3v) is 5.92. The SMILES string of the molecule is CC(C)N(C(=O)C1CN(C(=O)c2ccc3c(c2)OCO3)C1)C1CCCCC1. The molecule has 1 aromatic carbocycles. The molecule has 1 aromatic rings. The van der Waals surface area contributed by atoms with Crippen LogP contribution in [-0.4, -0.2) is 53.6 Å². The highest BCUT2D eigenvalue weighted by Gasteiger charge is 2.41. The second kappa shape index (κ2) is 7.41. The molecule has 0 unspecified atom stereocenters. The Bertz CT molecular complexity index is 721. The van der Waals surface area contributed by atoms with Crippen LogP contribution in [0.5, 0.6) is 11.5 Å². The van der Waals surface area contributed by atoms with E-state index in [1.54, 1.807) is 23.1 Å². The van der Waals surface area contributed by atoms with Gasteiger partial charge in [0, 0.05) is 30.7 Å². The van der Waals surface area contributed by atoms with E-state index in [4.69, 9.17) is 9.47 Å². The number of carbonyl (C=O) groups excluding carboxylic acids is 2. The van der Waals surface area contributed by atoms with E-state index in [1.807, 2.05) is 0 Å². The highest BCUT2D eigenvalue weighted by molar-refractivity contribution is 5.96. The standard InChI is InChI=1S/C21H28N2O4/c1-14(2)23(17-6-4-3-5-7-17)21(25)16-11-22(12-16)20(24)15-8-9-18-19(10-15)27-13-26-18/h8-10,14,16-17H,3-7,11-13H2,1-2H3. The Morgan fingerprint density at radius 1 is 1.07 bits per heavy atom. The van der Waals surface area contributed by atoms with Crippen molar-refractivity contribution in [2.24, 2.45) is 5.92 Å². The van der Waals surface area contributed by atoms with Gasteiger partial charge in [0.25, 0.3) is 5.91 Å². The predicted octanol–water partition coefficient (Wildman–Crippen LogP) is 3.06. The van der Waals surface area contributed by atoms with Crippen LogP contribution < -0.4 is 9.47 Å². The Labute approximate surface area is 160 Å². The van der Waals surface area contributed by atoms with Gasteiger partial charge in [-0.05, 0) is 44.9 Å². The lowest BCUT2D eigenvalue weighted by molar-refractivity contribution is -0.145. The third-order valence-electron chi connectivity index (χ3n) is 5.92. The lowest BCUT2D eigenvalue weighted by Crippen LogP contribution is -2.59. The van der Waals surface area contributed by atoms with E-state index in [0.717, 1.165) is 12.8 Å². The van der Waals surface area contributed by atoms with Gasteiger partial charge in [-0.3, -0.25) is 9.59 Å². The molecular formula is C21H28N2O4. The van der Waals surface area contributed by atoms with Gasteiger partial charge in [0.05, 0.1) is 5.92 Å². The summed E-state index contributed by atoms with van der Waals surface area (Å²) in [6, 6.07) is 5.82. The van der Waals surface area contributed by atoms with Gasteiger partial charge in [0.2, 0.25) is 12.7 Å². The van der Waals surface area contributed by atoms with Gasteiger partial charge in [-0.2, -0.15) is 0 Å². The molecular weight excluding hydrogens is 344 g/mol. The second-order valence-corrected chi connectivity index (χ2v) is 8.11. The number of amides is 2. The fourth-order valence-electron chi connectivity index (χ4n) is 4.44. The number of nitrogens with zero attached hydrogens (tertiary/aromatic N) is 2. The molecule has 4 rings (SSSR count). The average molecular weight is 372 g/mol. The molecule has 2 heterocycles. The molecule has 0 bridgehead atoms. The summed E-state index contributed by atoms with van der Waals surface area (Å²) < 4.78 is 10.6. The smallest absolute Gasteiger partial charge is 0.254 e. The van der Waals surface area contributed by atoms with Gasteiger partial charge in [-0.15, -0.1) is 0 Å². The van der Waals surface area contributed by atoms with Crippen molar-refractivity contribution in [3.63, 3.8) is 0 Å². The molecule has 1 saturated heterocycles. The molecule has 6 nitrogen and oxygen atoms in total. The van der Waals surface area contributed by atoms with Crippen LogP contribution in [-0.2, 0) is 4.79 Å². The van der Waals surface area contributed by atoms with Crippen LogP contribution >= 0.6 is 0 Å². The third kappa shape index (κ3) is 3.49. The topological polar surface area (TPSA) is 59.1 Å². The number of rotatable bonds is 4. The van der Waals surface area contributed by atoms with E-state index >= 15 is 0 Å². The van der Waals surface area contributed by atoms with Crippen molar-refractivity contribution in [2.75, 3.05) is 19.9 Å². The number of hydrogen-bond acceptors (Lipinski definition) is 4. The van der Waals surface area contributed by atoms with Crippen LogP contribution in [0.4, 0.5) is 0 Å². The molecule has 2 fully saturated rings. The summed E-state index contributed by atoms with van der Waals surface area (Å²) in [5.41, 5.74) is 0.582. The Morgan fingerprint density at radius 3 is 2.48 bits per heavy atom. The maximum Gasteiger partial charge on any atom is 0.254 e. The molecule has 0 atom stereocenters. The second-order valence-electron chi connectivity index (χ2n) is 8.11. The summed E-state index contributed by atoms with van der Waals surface area (Å²) in [7, 11) is 0. The van der Waals surface area contributed by atoms with Crippen molar-refractivity contribution in [2.45, 2.75) is 58.0 Å². The zero-order valence-electron chi connectivity index (χ0n) is 16.1. The Balaban J connectivity index is 1.37. The largest absolute Gasteiger partial charge is 0.454 e. The van der Waals surface area contributed by atoms with E-state index in [0.29, 0.717) is 36.2 Å². The van der Waals surface area contributed by atoms with E-state index in [2.05, 4.69) is 18.7 Å². The van der Waals surface area contributed by atoms with E-state index < -0.39 is 0 Å². The monoisotopic (exact) mass is 372 g/mol. The average Bonchev–Trinajstić information content (AvgIpc) is 3.08. The number of fused-ring (bicyclic) bond motifs is 1. The Hall–Kier alpha value is -2.24. The maximum atomic E-state index is 13.1. The summed E-state index contributed by atoms with van der Waals surface area (Å²) in [6.45, 7) is 5.39. The van der Waals surface area contributed by atoms with Crippen LogP contribution in [0.1, 0.15) is 56.3 Å². The Morgan fingerprint density at radius 2 is 1.78 bits per heavy atom. The number of carbonyl (C=O) groups is 2. The minimum atomic E-state index is -0.0766. The van der Waals surface area contributed by atoms with Crippen molar-refractivity contribution in [1.29, 1.82) is 0 Å². The quantitative estimate of drug-likeness (QED) is 0.815. The molecule has 0 spiro atoms. The van der Waals surface area contributed by atoms with Crippen LogP contribution in [0.25, 0.3) is 0 Å². The first kappa shape index (κ1) is 18.1. The maximum absolute atomic E-state index is 13.1. The molecule has 27 heavy (non-hydrogen) atoms. The molecule has 1 aliphatic carbocycles. The fraction of sp³-hybridized carbons (Fsp3) is 0.619. The molecule has 3 aliphatic rings. The van der Waals surface area contributed by atoms with Crippen molar-refractivity contribution in [1.82, 2.24) is 9.80 Å². The van der Waals surface area contributed by atoms with Crippen LogP contribution in [0.2, 0.25) is 0 Å². The number of hydrogen-bond donors (Lipinski definition) is 0. The highest BCUT2D eigenvalue weighted by atomic mass is 16.7. The molecule has 6 heteroatoms. The van der Waals surface area contributed by atoms with Crippen LogP contribution in [0, 0.1) is 5.92 Å². The molecule has 0 radical (unpaired) electrons. The predicted molar refractivity (Wildman–Crippen MR) is 101 cm³/mol. The van der Waals surface area contributed by atoms with Crippen molar-refractivity contribution in [3.05, 3.63) is 23.8 Å². The lowest BCUT2D eigenvalue weighted by atomic mass is 9.90. The summed E-state index contributed by atoms with van der Waals surface area (Å²) in [4.78, 5) is 29.6. The molecule has 0 aromatic heterocycles. The number of benzene rings is 1. The normalized spacial score (nSPS) is 19.9. The first-order valence-electron chi connectivity index (χ1n) is 10.1. The van der Waals surface area contributed by atoms with E-state index in [9.17, 15) is 9.59 Å². The molecule has 1 saturated carbocycles. The zero-order chi connectivity index (χ0) is 19.0. The minimum Gasteiger partial charge on any atom is -0.454 e. The summed E-state index contributed by atoms with van der Waals surface area (Å²) in [5.74, 6) is 1.37. The highest BCUT2D eigenvalue weighted by Crippen LogP contribution is 2.34. The van der Waals surface area contributed by atoms with Gasteiger partial charge >= 0.3 is 0 Å². The molecule has 2 aliphatic heterocycles. The zero-order valence-corrected chi connectivity index (χ0v) is 16.1.